The van der Waals surface area contributed by atoms with Crippen molar-refractivity contribution in [1.29, 1.82) is 0 Å². The molecular weight excluding hydrogens is 213 g/mol. The van der Waals surface area contributed by atoms with Crippen LogP contribution in [-0.4, -0.2) is 10.1 Å². The minimum Gasteiger partial charge on any atom is -0.387 e. The van der Waals surface area contributed by atoms with Crippen molar-refractivity contribution in [2.24, 2.45) is 0 Å². The maximum absolute atomic E-state index is 12.8. The molecule has 1 aromatic heterocycles. The molecule has 60 valence electrons. The van der Waals surface area contributed by atoms with Gasteiger partial charge >= 0.3 is 0 Å². The summed E-state index contributed by atoms with van der Waals surface area (Å²) in [4.78, 5) is 3.71. The molecule has 1 atom stereocenters. The smallest absolute Gasteiger partial charge is 0.148 e. The van der Waals surface area contributed by atoms with E-state index in [0.717, 1.165) is 0 Å². The lowest BCUT2D eigenvalue weighted by molar-refractivity contribution is 0.188. The molecule has 1 N–H and O–H groups in total. The molecule has 0 saturated carbocycles. The summed E-state index contributed by atoms with van der Waals surface area (Å²) in [5, 5.41) is 8.98. The average molecular weight is 220 g/mol. The molecule has 0 amide bonds. The van der Waals surface area contributed by atoms with Crippen LogP contribution in [0.25, 0.3) is 0 Å². The first-order valence-electron chi connectivity index (χ1n) is 3.10. The van der Waals surface area contributed by atoms with Crippen LogP contribution >= 0.6 is 15.9 Å². The lowest BCUT2D eigenvalue weighted by Crippen LogP contribution is -1.98. The van der Waals surface area contributed by atoms with E-state index in [1.165, 1.54) is 19.2 Å². The summed E-state index contributed by atoms with van der Waals surface area (Å²) in [5.41, 5.74) is 0.0770. The van der Waals surface area contributed by atoms with E-state index in [4.69, 9.17) is 5.11 Å². The molecule has 0 saturated heterocycles. The van der Waals surface area contributed by atoms with Crippen molar-refractivity contribution in [2.75, 3.05) is 0 Å². The Morgan fingerprint density at radius 2 is 2.36 bits per heavy atom. The molecule has 0 aliphatic rings. The molecule has 2 nitrogen and oxygen atoms in total. The van der Waals surface area contributed by atoms with Crippen molar-refractivity contribution in [2.45, 2.75) is 13.0 Å². The van der Waals surface area contributed by atoms with Crippen LogP contribution in [0.4, 0.5) is 4.39 Å². The quantitative estimate of drug-likeness (QED) is 0.785. The Balaban J connectivity index is 3.09. The van der Waals surface area contributed by atoms with Crippen LogP contribution in [0.3, 0.4) is 0 Å². The third-order valence-electron chi connectivity index (χ3n) is 1.23. The fourth-order valence-electron chi connectivity index (χ4n) is 0.733. The van der Waals surface area contributed by atoms with Gasteiger partial charge in [-0.2, -0.15) is 0 Å². The van der Waals surface area contributed by atoms with Gasteiger partial charge in [0.25, 0.3) is 0 Å². The first-order chi connectivity index (χ1) is 5.11. The van der Waals surface area contributed by atoms with Crippen molar-refractivity contribution in [3.63, 3.8) is 0 Å². The summed E-state index contributed by atoms with van der Waals surface area (Å²) in [6, 6.07) is 1.27. The highest BCUT2D eigenvalue weighted by Gasteiger charge is 2.08. The van der Waals surface area contributed by atoms with Crippen LogP contribution in [-0.2, 0) is 0 Å². The topological polar surface area (TPSA) is 33.1 Å². The van der Waals surface area contributed by atoms with E-state index in [9.17, 15) is 4.39 Å². The zero-order valence-corrected chi connectivity index (χ0v) is 7.47. The van der Waals surface area contributed by atoms with E-state index in [-0.39, 0.29) is 5.69 Å². The summed E-state index contributed by atoms with van der Waals surface area (Å²) in [6.07, 6.45) is 0.591. The minimum absolute atomic E-state index is 0.0770. The highest BCUT2D eigenvalue weighted by atomic mass is 79.9. The van der Waals surface area contributed by atoms with Crippen molar-refractivity contribution < 1.29 is 9.50 Å². The van der Waals surface area contributed by atoms with Crippen LogP contribution in [0.1, 0.15) is 18.7 Å². The number of hydrogen-bond donors (Lipinski definition) is 1. The molecule has 0 aliphatic heterocycles. The Bertz CT molecular complexity index is 265. The van der Waals surface area contributed by atoms with Gasteiger partial charge in [-0.1, -0.05) is 0 Å². The number of aliphatic hydroxyl groups excluding tert-OH is 1. The average Bonchev–Trinajstić information content (AvgIpc) is 1.85. The van der Waals surface area contributed by atoms with Gasteiger partial charge in [-0.15, -0.1) is 0 Å². The van der Waals surface area contributed by atoms with Gasteiger partial charge in [-0.3, -0.25) is 4.98 Å². The fourth-order valence-corrected chi connectivity index (χ4v) is 1.04. The molecule has 0 fully saturated rings. The molecule has 0 spiro atoms. The molecule has 0 radical (unpaired) electrons. The van der Waals surface area contributed by atoms with Gasteiger partial charge in [0.2, 0.25) is 0 Å². The fraction of sp³-hybridized carbons (Fsp3) is 0.286. The highest BCUT2D eigenvalue weighted by molar-refractivity contribution is 9.10. The third-order valence-corrected chi connectivity index (χ3v) is 1.67. The van der Waals surface area contributed by atoms with Gasteiger partial charge in [0.15, 0.2) is 0 Å². The van der Waals surface area contributed by atoms with Gasteiger partial charge < -0.3 is 5.11 Å². The van der Waals surface area contributed by atoms with E-state index in [2.05, 4.69) is 20.9 Å². The number of nitrogens with zero attached hydrogens (tertiary/aromatic N) is 1. The second-order valence-corrected chi connectivity index (χ2v) is 3.11. The second-order valence-electron chi connectivity index (χ2n) is 2.20. The Labute approximate surface area is 72.2 Å². The van der Waals surface area contributed by atoms with Gasteiger partial charge in [-0.25, -0.2) is 4.39 Å². The molecular formula is C7H7BrFNO. The van der Waals surface area contributed by atoms with Crippen LogP contribution < -0.4 is 0 Å². The predicted octanol–water partition coefficient (Wildman–Crippen LogP) is 2.04. The van der Waals surface area contributed by atoms with Crippen LogP contribution in [0.2, 0.25) is 0 Å². The number of hydrogen-bond acceptors (Lipinski definition) is 2. The maximum atomic E-state index is 12.8. The first-order valence-corrected chi connectivity index (χ1v) is 3.89. The molecule has 1 unspecified atom stereocenters. The van der Waals surface area contributed by atoms with E-state index in [1.54, 1.807) is 0 Å². The number of halogens is 2. The monoisotopic (exact) mass is 219 g/mol. The molecule has 11 heavy (non-hydrogen) atoms. The van der Waals surface area contributed by atoms with E-state index >= 15 is 0 Å². The Hall–Kier alpha value is -0.480. The van der Waals surface area contributed by atoms with E-state index in [0.29, 0.717) is 4.47 Å². The van der Waals surface area contributed by atoms with Crippen molar-refractivity contribution in [3.05, 3.63) is 28.2 Å². The normalized spacial score (nSPS) is 13.1. The summed E-state index contributed by atoms with van der Waals surface area (Å²) in [7, 11) is 0. The van der Waals surface area contributed by atoms with Crippen molar-refractivity contribution >= 4 is 15.9 Å². The van der Waals surface area contributed by atoms with Gasteiger partial charge in [0.05, 0.1) is 6.10 Å². The Kier molecular flexibility index (Phi) is 2.57. The number of aromatic nitrogens is 1. The molecule has 4 heteroatoms. The van der Waals surface area contributed by atoms with Crippen LogP contribution in [0, 0.1) is 5.82 Å². The highest BCUT2D eigenvalue weighted by Crippen LogP contribution is 2.17. The summed E-state index contributed by atoms with van der Waals surface area (Å²) >= 11 is 3.06. The molecule has 1 rings (SSSR count). The standard InChI is InChI=1S/C7H7BrFNO/c1-4(11)7-6(9)2-5(8)3-10-7/h2-4,11H,1H3. The zero-order valence-electron chi connectivity index (χ0n) is 5.88. The zero-order chi connectivity index (χ0) is 8.43. The van der Waals surface area contributed by atoms with Crippen molar-refractivity contribution in [3.8, 4) is 0 Å². The molecule has 1 aromatic rings. The molecule has 0 aromatic carbocycles. The molecule has 0 bridgehead atoms. The maximum Gasteiger partial charge on any atom is 0.148 e. The summed E-state index contributed by atoms with van der Waals surface area (Å²) in [5.74, 6) is -0.491. The van der Waals surface area contributed by atoms with E-state index < -0.39 is 11.9 Å². The van der Waals surface area contributed by atoms with Gasteiger partial charge in [0, 0.05) is 10.7 Å². The third kappa shape index (κ3) is 1.97. The summed E-state index contributed by atoms with van der Waals surface area (Å²) < 4.78 is 13.4. The minimum atomic E-state index is -0.858. The first kappa shape index (κ1) is 8.62. The van der Waals surface area contributed by atoms with Crippen LogP contribution in [0.15, 0.2) is 16.7 Å². The summed E-state index contributed by atoms with van der Waals surface area (Å²) in [6.45, 7) is 1.47. The molecule has 1 heterocycles. The largest absolute Gasteiger partial charge is 0.387 e. The van der Waals surface area contributed by atoms with E-state index in [1.807, 2.05) is 0 Å². The Morgan fingerprint density at radius 3 is 2.82 bits per heavy atom. The predicted molar refractivity (Wildman–Crippen MR) is 42.5 cm³/mol. The number of rotatable bonds is 1. The SMILES string of the molecule is CC(O)c1ncc(Br)cc1F. The van der Waals surface area contributed by atoms with Crippen molar-refractivity contribution in [1.82, 2.24) is 4.98 Å². The van der Waals surface area contributed by atoms with Crippen LogP contribution in [0.5, 0.6) is 0 Å². The van der Waals surface area contributed by atoms with Gasteiger partial charge in [-0.05, 0) is 28.9 Å². The van der Waals surface area contributed by atoms with Gasteiger partial charge in [0.1, 0.15) is 11.5 Å². The lowest BCUT2D eigenvalue weighted by Gasteiger charge is -2.03. The Morgan fingerprint density at radius 1 is 1.73 bits per heavy atom. The number of pyridine rings is 1. The second kappa shape index (κ2) is 3.28. The molecule has 0 aliphatic carbocycles. The lowest BCUT2D eigenvalue weighted by atomic mass is 10.2. The number of aliphatic hydroxyl groups is 1.